The Hall–Kier alpha value is -1.67. The van der Waals surface area contributed by atoms with Crippen molar-refractivity contribution >= 4 is 22.6 Å². The lowest BCUT2D eigenvalue weighted by Gasteiger charge is -2.10. The molecule has 22 heavy (non-hydrogen) atoms. The van der Waals surface area contributed by atoms with Crippen molar-refractivity contribution in [3.63, 3.8) is 0 Å². The fourth-order valence-corrected chi connectivity index (χ4v) is 3.41. The minimum atomic E-state index is -3.59. The minimum Gasteiger partial charge on any atom is -0.423 e. The van der Waals surface area contributed by atoms with Gasteiger partial charge in [0.2, 0.25) is 10.0 Å². The fourth-order valence-electron chi connectivity index (χ4n) is 2.06. The predicted molar refractivity (Wildman–Crippen MR) is 86.2 cm³/mol. The van der Waals surface area contributed by atoms with Gasteiger partial charge < -0.3 is 10.0 Å². The summed E-state index contributed by atoms with van der Waals surface area (Å²) >= 11 is 0. The van der Waals surface area contributed by atoms with Crippen molar-refractivity contribution in [2.75, 3.05) is 0 Å². The molecular weight excluding hydrogens is 301 g/mol. The third kappa shape index (κ3) is 3.95. The number of nitrogens with one attached hydrogen (secondary N) is 1. The first kappa shape index (κ1) is 16.7. The van der Waals surface area contributed by atoms with Crippen molar-refractivity contribution in [1.29, 1.82) is 0 Å². The maximum Gasteiger partial charge on any atom is 0.488 e. The third-order valence-electron chi connectivity index (χ3n) is 3.38. The van der Waals surface area contributed by atoms with Crippen LogP contribution in [-0.4, -0.2) is 25.6 Å². The second-order valence-electron chi connectivity index (χ2n) is 5.21. The largest absolute Gasteiger partial charge is 0.488 e. The number of hydrogen-bond acceptors (Lipinski definition) is 4. The highest BCUT2D eigenvalue weighted by molar-refractivity contribution is 7.89. The van der Waals surface area contributed by atoms with Crippen LogP contribution in [0.25, 0.3) is 0 Å². The number of sulfonamides is 1. The molecule has 0 unspecified atom stereocenters. The SMILES string of the molecule is Cc1ccc(C)c(S(=O)(=O)NCc2ccc(B(O)O)cc2)c1. The molecule has 0 atom stereocenters. The highest BCUT2D eigenvalue weighted by Gasteiger charge is 2.17. The molecule has 0 aliphatic rings. The van der Waals surface area contributed by atoms with Crippen LogP contribution in [0, 0.1) is 13.8 Å². The summed E-state index contributed by atoms with van der Waals surface area (Å²) in [5, 5.41) is 18.0. The molecule has 2 aromatic carbocycles. The summed E-state index contributed by atoms with van der Waals surface area (Å²) < 4.78 is 27.3. The zero-order chi connectivity index (χ0) is 16.3. The van der Waals surface area contributed by atoms with Crippen LogP contribution in [-0.2, 0) is 16.6 Å². The summed E-state index contributed by atoms with van der Waals surface area (Å²) in [5.41, 5.74) is 2.67. The topological polar surface area (TPSA) is 86.6 Å². The molecule has 0 aromatic heterocycles. The van der Waals surface area contributed by atoms with Gasteiger partial charge in [-0.15, -0.1) is 0 Å². The van der Waals surface area contributed by atoms with Crippen LogP contribution in [0.5, 0.6) is 0 Å². The predicted octanol–water partition coefficient (Wildman–Crippen LogP) is 0.462. The van der Waals surface area contributed by atoms with Gasteiger partial charge in [-0.25, -0.2) is 13.1 Å². The molecule has 5 nitrogen and oxygen atoms in total. The van der Waals surface area contributed by atoms with Gasteiger partial charge in [0.1, 0.15) is 0 Å². The van der Waals surface area contributed by atoms with Crippen molar-refractivity contribution in [3.05, 3.63) is 59.2 Å². The van der Waals surface area contributed by atoms with Crippen LogP contribution in [0.3, 0.4) is 0 Å². The summed E-state index contributed by atoms with van der Waals surface area (Å²) in [5.74, 6) is 0. The average Bonchev–Trinajstić information content (AvgIpc) is 2.48. The van der Waals surface area contributed by atoms with E-state index in [4.69, 9.17) is 10.0 Å². The molecule has 0 aliphatic heterocycles. The van der Waals surface area contributed by atoms with Crippen molar-refractivity contribution in [2.24, 2.45) is 0 Å². The minimum absolute atomic E-state index is 0.136. The molecule has 0 saturated heterocycles. The van der Waals surface area contributed by atoms with Gasteiger partial charge >= 0.3 is 7.12 Å². The number of benzene rings is 2. The molecular formula is C15H18BNO4S. The van der Waals surface area contributed by atoms with Gasteiger partial charge in [0, 0.05) is 6.54 Å². The second-order valence-corrected chi connectivity index (χ2v) is 6.94. The van der Waals surface area contributed by atoms with Gasteiger partial charge in [0.05, 0.1) is 4.90 Å². The Morgan fingerprint density at radius 3 is 2.27 bits per heavy atom. The highest BCUT2D eigenvalue weighted by Crippen LogP contribution is 2.16. The van der Waals surface area contributed by atoms with Gasteiger partial charge in [0.15, 0.2) is 0 Å². The fraction of sp³-hybridized carbons (Fsp3) is 0.200. The summed E-state index contributed by atoms with van der Waals surface area (Å²) in [4.78, 5) is 0.273. The first-order valence-corrected chi connectivity index (χ1v) is 8.30. The van der Waals surface area contributed by atoms with Crippen molar-refractivity contribution < 1.29 is 18.5 Å². The van der Waals surface area contributed by atoms with Gasteiger partial charge in [-0.1, -0.05) is 36.4 Å². The van der Waals surface area contributed by atoms with Crippen molar-refractivity contribution in [1.82, 2.24) is 4.72 Å². The van der Waals surface area contributed by atoms with Crippen molar-refractivity contribution in [3.8, 4) is 0 Å². The van der Waals surface area contributed by atoms with Crippen LogP contribution >= 0.6 is 0 Å². The lowest BCUT2D eigenvalue weighted by molar-refractivity contribution is 0.425. The van der Waals surface area contributed by atoms with Gasteiger partial charge in [-0.2, -0.15) is 0 Å². The van der Waals surface area contributed by atoms with E-state index in [9.17, 15) is 8.42 Å². The second kappa shape index (κ2) is 6.62. The zero-order valence-corrected chi connectivity index (χ0v) is 13.3. The number of rotatable bonds is 5. The molecule has 0 fully saturated rings. The van der Waals surface area contributed by atoms with E-state index in [1.807, 2.05) is 13.0 Å². The van der Waals surface area contributed by atoms with Crippen LogP contribution in [0.1, 0.15) is 16.7 Å². The lowest BCUT2D eigenvalue weighted by Crippen LogP contribution is -2.30. The van der Waals surface area contributed by atoms with E-state index in [1.54, 1.807) is 43.3 Å². The van der Waals surface area contributed by atoms with E-state index < -0.39 is 17.1 Å². The standard InChI is InChI=1S/C15H18BNO4S/c1-11-3-4-12(2)15(9-11)22(20,21)17-10-13-5-7-14(8-6-13)16(18)19/h3-9,17-19H,10H2,1-2H3. The van der Waals surface area contributed by atoms with Crippen molar-refractivity contribution in [2.45, 2.75) is 25.3 Å². The van der Waals surface area contributed by atoms with Crippen LogP contribution in [0.2, 0.25) is 0 Å². The molecule has 3 N–H and O–H groups in total. The molecule has 0 saturated carbocycles. The van der Waals surface area contributed by atoms with Crippen LogP contribution < -0.4 is 10.2 Å². The Kier molecular flexibility index (Phi) is 5.03. The molecule has 7 heteroatoms. The normalized spacial score (nSPS) is 11.5. The van der Waals surface area contributed by atoms with E-state index in [2.05, 4.69) is 4.72 Å². The Morgan fingerprint density at radius 1 is 1.05 bits per heavy atom. The molecule has 0 aliphatic carbocycles. The molecule has 0 amide bonds. The Labute approximate surface area is 130 Å². The third-order valence-corrected chi connectivity index (χ3v) is 4.92. The summed E-state index contributed by atoms with van der Waals surface area (Å²) in [6.07, 6.45) is 0. The first-order valence-electron chi connectivity index (χ1n) is 6.81. The Bertz CT molecular complexity index is 758. The molecule has 0 heterocycles. The maximum atomic E-state index is 12.4. The van der Waals surface area contributed by atoms with Gasteiger partial charge in [0.25, 0.3) is 0 Å². The van der Waals surface area contributed by atoms with Gasteiger partial charge in [-0.05, 0) is 42.1 Å². The van der Waals surface area contributed by atoms with Crippen LogP contribution in [0.4, 0.5) is 0 Å². The van der Waals surface area contributed by atoms with E-state index in [0.717, 1.165) is 11.1 Å². The molecule has 0 radical (unpaired) electrons. The molecule has 116 valence electrons. The van der Waals surface area contributed by atoms with Gasteiger partial charge in [-0.3, -0.25) is 0 Å². The highest BCUT2D eigenvalue weighted by atomic mass is 32.2. The zero-order valence-electron chi connectivity index (χ0n) is 12.4. The summed E-state index contributed by atoms with van der Waals surface area (Å²) in [6, 6.07) is 11.7. The quantitative estimate of drug-likeness (QED) is 0.699. The van der Waals surface area contributed by atoms with E-state index in [-0.39, 0.29) is 11.4 Å². The van der Waals surface area contributed by atoms with E-state index in [1.165, 1.54) is 0 Å². The summed E-state index contributed by atoms with van der Waals surface area (Å²) in [7, 11) is -5.11. The first-order chi connectivity index (χ1) is 10.3. The van der Waals surface area contributed by atoms with Crippen LogP contribution in [0.15, 0.2) is 47.4 Å². The Balaban J connectivity index is 2.14. The van der Waals surface area contributed by atoms with E-state index >= 15 is 0 Å². The smallest absolute Gasteiger partial charge is 0.423 e. The van der Waals surface area contributed by atoms with E-state index in [0.29, 0.717) is 11.0 Å². The molecule has 2 rings (SSSR count). The number of hydrogen-bond donors (Lipinski definition) is 3. The molecule has 0 bridgehead atoms. The molecule has 0 spiro atoms. The monoisotopic (exact) mass is 319 g/mol. The Morgan fingerprint density at radius 2 is 1.68 bits per heavy atom. The number of aryl methyl sites for hydroxylation is 2. The average molecular weight is 319 g/mol. The summed E-state index contributed by atoms with van der Waals surface area (Å²) in [6.45, 7) is 3.74. The lowest BCUT2D eigenvalue weighted by atomic mass is 9.80. The maximum absolute atomic E-state index is 12.4. The molecule has 2 aromatic rings.